The highest BCUT2D eigenvalue weighted by atomic mass is 32.1. The molecule has 0 fully saturated rings. The number of anilines is 3. The molecule has 0 amide bonds. The number of rotatable bonds is 9. The van der Waals surface area contributed by atoms with Gasteiger partial charge < -0.3 is 9.32 Å². The number of hydrogen-bond donors (Lipinski definition) is 0. The SMILES string of the molecule is c1ccc(-c2cc(N(c3ccc(-c4ccc5c(c4)sc4ccccc45)cc3)c3ccc(-c4ccccc4-c4ccccc4-c4ccccc4)cc3)c3oc4c(-c5ccccc5)cccc4c3c2)cc1. The lowest BCUT2D eigenvalue weighted by molar-refractivity contribution is 0.670. The smallest absolute Gasteiger partial charge is 0.159 e. The van der Waals surface area contributed by atoms with Gasteiger partial charge in [-0.1, -0.05) is 212 Å². The summed E-state index contributed by atoms with van der Waals surface area (Å²) in [4.78, 5) is 2.37. The maximum atomic E-state index is 7.21. The third kappa shape index (κ3) is 7.28. The van der Waals surface area contributed by atoms with E-state index in [1.807, 2.05) is 11.3 Å². The molecule has 2 heterocycles. The zero-order valence-electron chi connectivity index (χ0n) is 37.6. The van der Waals surface area contributed by atoms with Gasteiger partial charge in [-0.15, -0.1) is 11.3 Å². The number of hydrogen-bond acceptors (Lipinski definition) is 3. The molecule has 0 N–H and O–H groups in total. The molecule has 3 heteroatoms. The van der Waals surface area contributed by atoms with Crippen LogP contribution in [-0.2, 0) is 0 Å². The number of para-hydroxylation sites is 1. The van der Waals surface area contributed by atoms with Crippen molar-refractivity contribution < 1.29 is 4.42 Å². The van der Waals surface area contributed by atoms with Gasteiger partial charge in [0.2, 0.25) is 0 Å². The third-order valence-electron chi connectivity index (χ3n) is 13.5. The predicted octanol–water partition coefficient (Wildman–Crippen LogP) is 19.4. The van der Waals surface area contributed by atoms with Crippen LogP contribution in [-0.4, -0.2) is 0 Å². The summed E-state index contributed by atoms with van der Waals surface area (Å²) in [5.41, 5.74) is 18.7. The van der Waals surface area contributed by atoms with Crippen LogP contribution in [0, 0.1) is 0 Å². The molecule has 0 spiro atoms. The molecular formula is C66H43NOS. The Labute approximate surface area is 405 Å². The van der Waals surface area contributed by atoms with Gasteiger partial charge in [0, 0.05) is 47.9 Å². The molecule has 11 aromatic carbocycles. The zero-order valence-corrected chi connectivity index (χ0v) is 38.4. The molecule has 69 heavy (non-hydrogen) atoms. The summed E-state index contributed by atoms with van der Waals surface area (Å²) in [6, 6.07) is 94.2. The van der Waals surface area contributed by atoms with Crippen molar-refractivity contribution in [3.05, 3.63) is 261 Å². The molecule has 324 valence electrons. The van der Waals surface area contributed by atoms with Crippen molar-refractivity contribution >= 4 is 70.5 Å². The van der Waals surface area contributed by atoms with E-state index in [1.54, 1.807) is 0 Å². The average molecular weight is 898 g/mol. The lowest BCUT2D eigenvalue weighted by Gasteiger charge is -2.27. The number of fused-ring (bicyclic) bond motifs is 6. The first-order chi connectivity index (χ1) is 34.2. The molecule has 0 aliphatic carbocycles. The van der Waals surface area contributed by atoms with Crippen LogP contribution in [0.25, 0.3) is 109 Å². The molecule has 2 nitrogen and oxygen atoms in total. The van der Waals surface area contributed by atoms with Gasteiger partial charge in [0.15, 0.2) is 5.58 Å². The molecule has 0 unspecified atom stereocenters. The predicted molar refractivity (Wildman–Crippen MR) is 294 cm³/mol. The Hall–Kier alpha value is -8.76. The van der Waals surface area contributed by atoms with Crippen LogP contribution in [0.3, 0.4) is 0 Å². The lowest BCUT2D eigenvalue weighted by atomic mass is 9.89. The van der Waals surface area contributed by atoms with E-state index in [-0.39, 0.29) is 0 Å². The van der Waals surface area contributed by atoms with Crippen molar-refractivity contribution in [3.63, 3.8) is 0 Å². The Morgan fingerprint density at radius 1 is 0.261 bits per heavy atom. The van der Waals surface area contributed by atoms with Crippen LogP contribution in [0.15, 0.2) is 265 Å². The van der Waals surface area contributed by atoms with Crippen molar-refractivity contribution in [1.29, 1.82) is 0 Å². The summed E-state index contributed by atoms with van der Waals surface area (Å²) < 4.78 is 9.82. The van der Waals surface area contributed by atoms with Crippen molar-refractivity contribution in [2.45, 2.75) is 0 Å². The van der Waals surface area contributed by atoms with E-state index < -0.39 is 0 Å². The summed E-state index contributed by atoms with van der Waals surface area (Å²) in [5.74, 6) is 0. The normalized spacial score (nSPS) is 11.5. The van der Waals surface area contributed by atoms with E-state index in [0.29, 0.717) is 0 Å². The fraction of sp³-hybridized carbons (Fsp3) is 0. The average Bonchev–Trinajstić information content (AvgIpc) is 4.00. The van der Waals surface area contributed by atoms with Crippen LogP contribution >= 0.6 is 11.3 Å². The lowest BCUT2D eigenvalue weighted by Crippen LogP contribution is -2.10. The van der Waals surface area contributed by atoms with Crippen molar-refractivity contribution in [2.24, 2.45) is 0 Å². The standard InChI is InChI=1S/C66H43NOS/c1-4-17-44(18-5-1)50-41-61-60-29-16-28-55(47-21-8-3-9-22-47)65(60)68-66(61)62(42-50)67(51-36-31-45(32-37-51)49-35-40-59-58-27-14-15-30-63(58)69-64(59)43-49)52-38-33-48(34-39-52)54-24-11-13-26-57(54)56-25-12-10-23-53(56)46-19-6-2-7-20-46/h1-43H. The van der Waals surface area contributed by atoms with Gasteiger partial charge in [-0.05, 0) is 110 Å². The Kier molecular flexibility index (Phi) is 10.1. The number of benzene rings is 11. The molecule has 13 aromatic rings. The summed E-state index contributed by atoms with van der Waals surface area (Å²) in [5, 5.41) is 4.77. The van der Waals surface area contributed by atoms with Crippen LogP contribution < -0.4 is 4.90 Å². The second-order valence-electron chi connectivity index (χ2n) is 17.6. The van der Waals surface area contributed by atoms with Gasteiger partial charge in [-0.25, -0.2) is 0 Å². The van der Waals surface area contributed by atoms with E-state index in [9.17, 15) is 0 Å². The minimum atomic E-state index is 0.833. The van der Waals surface area contributed by atoms with Gasteiger partial charge >= 0.3 is 0 Å². The summed E-state index contributed by atoms with van der Waals surface area (Å²) in [7, 11) is 0. The molecule has 0 bridgehead atoms. The van der Waals surface area contributed by atoms with E-state index >= 15 is 0 Å². The van der Waals surface area contributed by atoms with Gasteiger partial charge in [0.05, 0.1) is 5.69 Å². The first-order valence-corrected chi connectivity index (χ1v) is 24.3. The Morgan fingerprint density at radius 3 is 1.38 bits per heavy atom. The van der Waals surface area contributed by atoms with Gasteiger partial charge in [-0.3, -0.25) is 0 Å². The minimum Gasteiger partial charge on any atom is -0.453 e. The van der Waals surface area contributed by atoms with Crippen LogP contribution in [0.5, 0.6) is 0 Å². The maximum Gasteiger partial charge on any atom is 0.159 e. The van der Waals surface area contributed by atoms with E-state index in [4.69, 9.17) is 4.42 Å². The largest absolute Gasteiger partial charge is 0.453 e. The Balaban J connectivity index is 0.990. The molecule has 0 saturated carbocycles. The molecule has 0 aliphatic heterocycles. The zero-order chi connectivity index (χ0) is 45.7. The third-order valence-corrected chi connectivity index (χ3v) is 14.6. The van der Waals surface area contributed by atoms with E-state index in [1.165, 1.54) is 59.1 Å². The topological polar surface area (TPSA) is 16.4 Å². The van der Waals surface area contributed by atoms with Crippen molar-refractivity contribution in [3.8, 4) is 66.8 Å². The molecule has 2 aromatic heterocycles. The van der Waals surface area contributed by atoms with E-state index in [0.717, 1.165) is 66.8 Å². The molecule has 13 rings (SSSR count). The van der Waals surface area contributed by atoms with Crippen LogP contribution in [0.4, 0.5) is 17.1 Å². The monoisotopic (exact) mass is 897 g/mol. The number of nitrogens with zero attached hydrogens (tertiary/aromatic N) is 1. The first-order valence-electron chi connectivity index (χ1n) is 23.5. The van der Waals surface area contributed by atoms with Crippen molar-refractivity contribution in [2.75, 3.05) is 4.90 Å². The molecule has 0 radical (unpaired) electrons. The van der Waals surface area contributed by atoms with Gasteiger partial charge in [-0.2, -0.15) is 0 Å². The summed E-state index contributed by atoms with van der Waals surface area (Å²) >= 11 is 1.85. The number of thiophene rings is 1. The second kappa shape index (κ2) is 17.2. The summed E-state index contributed by atoms with van der Waals surface area (Å²) in [6.07, 6.45) is 0. The van der Waals surface area contributed by atoms with Gasteiger partial charge in [0.25, 0.3) is 0 Å². The fourth-order valence-electron chi connectivity index (χ4n) is 10.2. The summed E-state index contributed by atoms with van der Waals surface area (Å²) in [6.45, 7) is 0. The molecular weight excluding hydrogens is 855 g/mol. The van der Waals surface area contributed by atoms with Crippen molar-refractivity contribution in [1.82, 2.24) is 0 Å². The first kappa shape index (κ1) is 40.5. The minimum absolute atomic E-state index is 0.833. The van der Waals surface area contributed by atoms with Gasteiger partial charge in [0.1, 0.15) is 5.58 Å². The molecule has 0 atom stereocenters. The maximum absolute atomic E-state index is 7.21. The molecule has 0 aliphatic rings. The Morgan fingerprint density at radius 2 is 0.725 bits per heavy atom. The van der Waals surface area contributed by atoms with Crippen LogP contribution in [0.2, 0.25) is 0 Å². The van der Waals surface area contributed by atoms with E-state index in [2.05, 4.69) is 266 Å². The molecule has 0 saturated heterocycles. The quantitative estimate of drug-likeness (QED) is 0.144. The second-order valence-corrected chi connectivity index (χ2v) is 18.7. The Bertz CT molecular complexity index is 3980. The highest BCUT2D eigenvalue weighted by molar-refractivity contribution is 7.25. The van der Waals surface area contributed by atoms with Crippen LogP contribution in [0.1, 0.15) is 0 Å². The highest BCUT2D eigenvalue weighted by Crippen LogP contribution is 2.48. The fourth-order valence-corrected chi connectivity index (χ4v) is 11.3. The number of furan rings is 1. The highest BCUT2D eigenvalue weighted by Gasteiger charge is 2.23.